The van der Waals surface area contributed by atoms with Gasteiger partial charge in [0.1, 0.15) is 5.75 Å². The summed E-state index contributed by atoms with van der Waals surface area (Å²) in [7, 11) is 0. The van der Waals surface area contributed by atoms with Crippen molar-refractivity contribution < 1.29 is 13.5 Å². The number of hydrogen-bond donors (Lipinski definition) is 2. The van der Waals surface area contributed by atoms with Crippen molar-refractivity contribution in [2.45, 2.75) is 6.61 Å². The Kier molecular flexibility index (Phi) is 4.52. The predicted octanol–water partition coefficient (Wildman–Crippen LogP) is 4.92. The highest BCUT2D eigenvalue weighted by Crippen LogP contribution is 2.32. The van der Waals surface area contributed by atoms with E-state index in [9.17, 15) is 8.78 Å². The fourth-order valence-corrected chi connectivity index (χ4v) is 1.88. The van der Waals surface area contributed by atoms with E-state index in [0.29, 0.717) is 27.1 Å². The van der Waals surface area contributed by atoms with Gasteiger partial charge in [-0.25, -0.2) is 0 Å². The second kappa shape index (κ2) is 6.15. The second-order valence-electron chi connectivity index (χ2n) is 3.88. The van der Waals surface area contributed by atoms with E-state index in [-0.39, 0.29) is 5.75 Å². The first-order valence-corrected chi connectivity index (χ1v) is 6.27. The Morgan fingerprint density at radius 2 is 1.65 bits per heavy atom. The summed E-state index contributed by atoms with van der Waals surface area (Å²) in [5.41, 5.74) is 7.45. The number of halogens is 4. The van der Waals surface area contributed by atoms with E-state index >= 15 is 0 Å². The number of rotatable bonds is 4. The molecule has 0 aromatic heterocycles. The lowest BCUT2D eigenvalue weighted by Crippen LogP contribution is -2.02. The topological polar surface area (TPSA) is 47.3 Å². The molecule has 0 saturated heterocycles. The van der Waals surface area contributed by atoms with Crippen molar-refractivity contribution in [2.24, 2.45) is 0 Å². The molecule has 7 heteroatoms. The van der Waals surface area contributed by atoms with Gasteiger partial charge in [-0.3, -0.25) is 0 Å². The minimum atomic E-state index is -2.85. The zero-order valence-electron chi connectivity index (χ0n) is 10.0. The summed E-state index contributed by atoms with van der Waals surface area (Å²) in [4.78, 5) is 0. The fourth-order valence-electron chi connectivity index (χ4n) is 1.55. The molecule has 0 spiro atoms. The van der Waals surface area contributed by atoms with Gasteiger partial charge in [0, 0.05) is 5.69 Å². The summed E-state index contributed by atoms with van der Waals surface area (Å²) in [6, 6.07) is 9.12. The van der Waals surface area contributed by atoms with Crippen molar-refractivity contribution in [3.8, 4) is 5.75 Å². The lowest BCUT2D eigenvalue weighted by molar-refractivity contribution is -0.0498. The summed E-state index contributed by atoms with van der Waals surface area (Å²) in [5.74, 6) is 0.0765. The smallest absolute Gasteiger partial charge is 0.387 e. The third-order valence-electron chi connectivity index (χ3n) is 2.45. The SMILES string of the molecule is Nc1cc(Cl)c(Cl)cc1Nc1ccc(OC(F)F)cc1. The average Bonchev–Trinajstić information content (AvgIpc) is 2.37. The highest BCUT2D eigenvalue weighted by Gasteiger charge is 2.07. The predicted molar refractivity (Wildman–Crippen MR) is 77.2 cm³/mol. The van der Waals surface area contributed by atoms with Crippen molar-refractivity contribution in [2.75, 3.05) is 11.1 Å². The van der Waals surface area contributed by atoms with Crippen molar-refractivity contribution in [1.82, 2.24) is 0 Å². The minimum absolute atomic E-state index is 0.0765. The Hall–Kier alpha value is -1.72. The largest absolute Gasteiger partial charge is 0.435 e. The second-order valence-corrected chi connectivity index (χ2v) is 4.70. The molecule has 0 aliphatic rings. The van der Waals surface area contributed by atoms with Crippen molar-refractivity contribution in [1.29, 1.82) is 0 Å². The maximum absolute atomic E-state index is 12.0. The normalized spacial score (nSPS) is 10.7. The molecule has 0 bridgehead atoms. The van der Waals surface area contributed by atoms with Gasteiger partial charge in [-0.1, -0.05) is 23.2 Å². The van der Waals surface area contributed by atoms with Crippen LogP contribution in [0.25, 0.3) is 0 Å². The van der Waals surface area contributed by atoms with Crippen LogP contribution in [0.2, 0.25) is 10.0 Å². The molecule has 106 valence electrons. The first kappa shape index (κ1) is 14.7. The number of nitrogens with two attached hydrogens (primary N) is 1. The molecule has 0 amide bonds. The van der Waals surface area contributed by atoms with Crippen LogP contribution >= 0.6 is 23.2 Å². The summed E-state index contributed by atoms with van der Waals surface area (Å²) in [6.07, 6.45) is 0. The van der Waals surface area contributed by atoms with Crippen LogP contribution in [0.3, 0.4) is 0 Å². The summed E-state index contributed by atoms with van der Waals surface area (Å²) in [5, 5.41) is 3.73. The van der Waals surface area contributed by atoms with Gasteiger partial charge in [-0.2, -0.15) is 8.78 Å². The molecular formula is C13H10Cl2F2N2O. The number of alkyl halides is 2. The molecule has 20 heavy (non-hydrogen) atoms. The van der Waals surface area contributed by atoms with E-state index < -0.39 is 6.61 Å². The average molecular weight is 319 g/mol. The van der Waals surface area contributed by atoms with Crippen LogP contribution in [0.15, 0.2) is 36.4 Å². The third-order valence-corrected chi connectivity index (χ3v) is 3.17. The fraction of sp³-hybridized carbons (Fsp3) is 0.0769. The molecule has 0 aliphatic carbocycles. The van der Waals surface area contributed by atoms with Gasteiger partial charge in [-0.15, -0.1) is 0 Å². The molecule has 0 fully saturated rings. The number of benzene rings is 2. The number of nitrogens with one attached hydrogen (secondary N) is 1. The van der Waals surface area contributed by atoms with E-state index in [4.69, 9.17) is 28.9 Å². The molecule has 0 atom stereocenters. The summed E-state index contributed by atoms with van der Waals surface area (Å²) in [6.45, 7) is -2.85. The zero-order valence-corrected chi connectivity index (χ0v) is 11.6. The van der Waals surface area contributed by atoms with E-state index in [1.54, 1.807) is 18.2 Å². The van der Waals surface area contributed by atoms with Crippen molar-refractivity contribution in [3.63, 3.8) is 0 Å². The maximum atomic E-state index is 12.0. The van der Waals surface area contributed by atoms with Gasteiger partial charge < -0.3 is 15.8 Å². The molecule has 3 nitrogen and oxygen atoms in total. The van der Waals surface area contributed by atoms with Gasteiger partial charge in [0.15, 0.2) is 0 Å². The zero-order chi connectivity index (χ0) is 14.7. The number of anilines is 3. The van der Waals surface area contributed by atoms with Gasteiger partial charge >= 0.3 is 6.61 Å². The number of hydrogen-bond acceptors (Lipinski definition) is 3. The van der Waals surface area contributed by atoms with Gasteiger partial charge in [0.05, 0.1) is 21.4 Å². The maximum Gasteiger partial charge on any atom is 0.387 e. The van der Waals surface area contributed by atoms with Crippen LogP contribution in [0.4, 0.5) is 25.8 Å². The van der Waals surface area contributed by atoms with Gasteiger partial charge in [0.2, 0.25) is 0 Å². The van der Waals surface area contributed by atoms with E-state index in [0.717, 1.165) is 0 Å². The summed E-state index contributed by atoms with van der Waals surface area (Å²) >= 11 is 11.7. The molecule has 2 rings (SSSR count). The minimum Gasteiger partial charge on any atom is -0.435 e. The molecule has 2 aromatic carbocycles. The first-order valence-electron chi connectivity index (χ1n) is 5.52. The molecule has 0 unspecified atom stereocenters. The quantitative estimate of drug-likeness (QED) is 0.786. The van der Waals surface area contributed by atoms with Crippen LogP contribution in [-0.2, 0) is 0 Å². The van der Waals surface area contributed by atoms with Gasteiger partial charge in [0.25, 0.3) is 0 Å². The monoisotopic (exact) mass is 318 g/mol. The Morgan fingerprint density at radius 1 is 1.05 bits per heavy atom. The highest BCUT2D eigenvalue weighted by molar-refractivity contribution is 6.42. The molecule has 3 N–H and O–H groups in total. The molecule has 0 aliphatic heterocycles. The molecule has 0 radical (unpaired) electrons. The van der Waals surface area contributed by atoms with Crippen LogP contribution in [-0.4, -0.2) is 6.61 Å². The highest BCUT2D eigenvalue weighted by atomic mass is 35.5. The molecule has 0 saturated carbocycles. The lowest BCUT2D eigenvalue weighted by Gasteiger charge is -2.11. The first-order chi connectivity index (χ1) is 9.45. The van der Waals surface area contributed by atoms with E-state index in [1.807, 2.05) is 0 Å². The standard InChI is InChI=1S/C13H10Cl2F2N2O/c14-9-5-11(18)12(6-10(9)15)19-7-1-3-8(4-2-7)20-13(16)17/h1-6,13,19H,18H2. The van der Waals surface area contributed by atoms with Crippen molar-refractivity contribution >= 4 is 40.3 Å². The molecule has 2 aromatic rings. The number of ether oxygens (including phenoxy) is 1. The van der Waals surface area contributed by atoms with Crippen molar-refractivity contribution in [3.05, 3.63) is 46.4 Å². The Bertz CT molecular complexity index is 606. The Morgan fingerprint density at radius 3 is 2.25 bits per heavy atom. The van der Waals surface area contributed by atoms with Crippen LogP contribution in [0, 0.1) is 0 Å². The lowest BCUT2D eigenvalue weighted by atomic mass is 10.2. The third kappa shape index (κ3) is 3.65. The molecular weight excluding hydrogens is 309 g/mol. The van der Waals surface area contributed by atoms with Crippen LogP contribution < -0.4 is 15.8 Å². The molecule has 0 heterocycles. The summed E-state index contributed by atoms with van der Waals surface area (Å²) < 4.78 is 28.3. The number of nitrogen functional groups attached to an aromatic ring is 1. The van der Waals surface area contributed by atoms with Crippen LogP contribution in [0.1, 0.15) is 0 Å². The van der Waals surface area contributed by atoms with E-state index in [2.05, 4.69) is 10.1 Å². The Balaban J connectivity index is 2.16. The van der Waals surface area contributed by atoms with Crippen LogP contribution in [0.5, 0.6) is 5.75 Å². The van der Waals surface area contributed by atoms with Gasteiger partial charge in [-0.05, 0) is 36.4 Å². The van der Waals surface area contributed by atoms with E-state index in [1.165, 1.54) is 18.2 Å². The Labute approximate surface area is 124 Å².